The van der Waals surface area contributed by atoms with Gasteiger partial charge in [-0.15, -0.1) is 22.7 Å². The van der Waals surface area contributed by atoms with Crippen LogP contribution in [-0.2, 0) is 6.42 Å². The van der Waals surface area contributed by atoms with Gasteiger partial charge in [0.15, 0.2) is 10.3 Å². The zero-order valence-electron chi connectivity index (χ0n) is 14.5. The highest BCUT2D eigenvalue weighted by molar-refractivity contribution is 7.29. The van der Waals surface area contributed by atoms with Crippen LogP contribution < -0.4 is 10.2 Å². The van der Waals surface area contributed by atoms with Crippen LogP contribution >= 0.6 is 34.0 Å². The van der Waals surface area contributed by atoms with Gasteiger partial charge in [0.25, 0.3) is 5.91 Å². The van der Waals surface area contributed by atoms with Crippen LogP contribution in [0.25, 0.3) is 9.53 Å². The van der Waals surface area contributed by atoms with Crippen LogP contribution in [0.3, 0.4) is 0 Å². The van der Waals surface area contributed by atoms with Crippen LogP contribution in [0.2, 0.25) is 0 Å². The maximum absolute atomic E-state index is 13.0. The number of thiophene rings is 1. The molecule has 0 aliphatic rings. The van der Waals surface area contributed by atoms with Gasteiger partial charge in [0.2, 0.25) is 0 Å². The van der Waals surface area contributed by atoms with Gasteiger partial charge in [-0.25, -0.2) is 14.4 Å². The van der Waals surface area contributed by atoms with Crippen molar-refractivity contribution in [3.8, 4) is 0 Å². The summed E-state index contributed by atoms with van der Waals surface area (Å²) in [5.41, 5.74) is 0.999. The zero-order chi connectivity index (χ0) is 19.0. The lowest BCUT2D eigenvalue weighted by molar-refractivity contribution is 0.103. The van der Waals surface area contributed by atoms with Crippen LogP contribution in [0, 0.1) is 5.82 Å². The Morgan fingerprint density at radius 3 is 2.67 bits per heavy atom. The SMILES string of the molecule is CN(C)c1nc2sc(C(=O)Nc3ncc(Cc4ccc(F)cc4)s3)cc2s1. The number of carbonyl (C=O) groups is 1. The summed E-state index contributed by atoms with van der Waals surface area (Å²) >= 11 is 4.36. The number of rotatable bonds is 5. The average Bonchev–Trinajstić information content (AvgIpc) is 3.31. The topological polar surface area (TPSA) is 58.1 Å². The number of fused-ring (bicyclic) bond motifs is 1. The molecule has 4 aromatic rings. The second-order valence-corrected chi connectivity index (χ2v) is 9.21. The van der Waals surface area contributed by atoms with Crippen molar-refractivity contribution in [2.45, 2.75) is 6.42 Å². The third kappa shape index (κ3) is 4.00. The molecule has 0 saturated heterocycles. The van der Waals surface area contributed by atoms with Crippen LogP contribution in [-0.4, -0.2) is 30.0 Å². The number of hydrogen-bond acceptors (Lipinski definition) is 7. The molecule has 0 saturated carbocycles. The summed E-state index contributed by atoms with van der Waals surface area (Å²) in [5, 5.41) is 4.32. The van der Waals surface area contributed by atoms with Crippen LogP contribution in [0.5, 0.6) is 0 Å². The number of halogens is 1. The molecular weight excluding hydrogens is 403 g/mol. The van der Waals surface area contributed by atoms with E-state index in [0.717, 1.165) is 25.1 Å². The summed E-state index contributed by atoms with van der Waals surface area (Å²) in [7, 11) is 3.89. The van der Waals surface area contributed by atoms with E-state index in [0.29, 0.717) is 16.4 Å². The van der Waals surface area contributed by atoms with E-state index in [-0.39, 0.29) is 11.7 Å². The van der Waals surface area contributed by atoms with Crippen molar-refractivity contribution in [1.29, 1.82) is 0 Å². The minimum atomic E-state index is -0.251. The number of aromatic nitrogens is 2. The Bertz CT molecular complexity index is 1070. The first-order valence-electron chi connectivity index (χ1n) is 8.06. The van der Waals surface area contributed by atoms with Crippen molar-refractivity contribution in [2.75, 3.05) is 24.3 Å². The Labute approximate surface area is 167 Å². The zero-order valence-corrected chi connectivity index (χ0v) is 17.0. The Hall–Kier alpha value is -2.36. The van der Waals surface area contributed by atoms with E-state index < -0.39 is 0 Å². The van der Waals surface area contributed by atoms with Crippen molar-refractivity contribution in [3.05, 3.63) is 57.7 Å². The molecule has 27 heavy (non-hydrogen) atoms. The number of carbonyl (C=O) groups excluding carboxylic acids is 1. The third-order valence-corrected chi connectivity index (χ3v) is 6.99. The molecule has 0 spiro atoms. The number of hydrogen-bond donors (Lipinski definition) is 1. The first-order chi connectivity index (χ1) is 13.0. The van der Waals surface area contributed by atoms with E-state index in [2.05, 4.69) is 15.3 Å². The molecule has 0 fully saturated rings. The monoisotopic (exact) mass is 418 g/mol. The molecule has 3 aromatic heterocycles. The third-order valence-electron chi connectivity index (χ3n) is 3.75. The molecule has 1 N–H and O–H groups in total. The smallest absolute Gasteiger partial charge is 0.267 e. The van der Waals surface area contributed by atoms with Crippen molar-refractivity contribution in [3.63, 3.8) is 0 Å². The molecule has 0 radical (unpaired) electrons. The molecule has 9 heteroatoms. The van der Waals surface area contributed by atoms with E-state index in [1.807, 2.05) is 25.1 Å². The van der Waals surface area contributed by atoms with E-state index in [1.165, 1.54) is 34.8 Å². The molecule has 0 unspecified atom stereocenters. The normalized spacial score (nSPS) is 11.1. The highest BCUT2D eigenvalue weighted by atomic mass is 32.1. The van der Waals surface area contributed by atoms with Crippen molar-refractivity contribution in [1.82, 2.24) is 9.97 Å². The predicted molar refractivity (Wildman–Crippen MR) is 111 cm³/mol. The van der Waals surface area contributed by atoms with Gasteiger partial charge in [-0.2, -0.15) is 0 Å². The average molecular weight is 419 g/mol. The first kappa shape index (κ1) is 18.0. The van der Waals surface area contributed by atoms with Crippen LogP contribution in [0.15, 0.2) is 36.5 Å². The second-order valence-electron chi connectivity index (χ2n) is 6.06. The summed E-state index contributed by atoms with van der Waals surface area (Å²) < 4.78 is 14.0. The molecule has 5 nitrogen and oxygen atoms in total. The Balaban J connectivity index is 1.44. The minimum absolute atomic E-state index is 0.181. The molecule has 4 rings (SSSR count). The predicted octanol–water partition coefficient (Wildman–Crippen LogP) is 4.86. The van der Waals surface area contributed by atoms with Crippen molar-refractivity contribution >= 4 is 59.7 Å². The van der Waals surface area contributed by atoms with Crippen LogP contribution in [0.4, 0.5) is 14.7 Å². The summed E-state index contributed by atoms with van der Waals surface area (Å²) in [6.07, 6.45) is 2.39. The summed E-state index contributed by atoms with van der Waals surface area (Å²) in [5.74, 6) is -0.432. The van der Waals surface area contributed by atoms with Gasteiger partial charge >= 0.3 is 0 Å². The highest BCUT2D eigenvalue weighted by Gasteiger charge is 2.16. The number of anilines is 2. The lowest BCUT2D eigenvalue weighted by Crippen LogP contribution is -2.09. The molecule has 1 aromatic carbocycles. The summed E-state index contributed by atoms with van der Waals surface area (Å²) in [6, 6.07) is 8.25. The lowest BCUT2D eigenvalue weighted by Gasteiger charge is -2.04. The molecule has 0 aliphatic carbocycles. The van der Waals surface area contributed by atoms with Gasteiger partial charge in [0, 0.05) is 31.6 Å². The molecule has 3 heterocycles. The number of thiazole rings is 2. The Morgan fingerprint density at radius 2 is 1.96 bits per heavy atom. The maximum atomic E-state index is 13.0. The summed E-state index contributed by atoms with van der Waals surface area (Å²) in [6.45, 7) is 0. The number of amides is 1. The van der Waals surface area contributed by atoms with Gasteiger partial charge in [0.05, 0.1) is 9.58 Å². The first-order valence-corrected chi connectivity index (χ1v) is 10.5. The molecule has 138 valence electrons. The molecule has 1 amide bonds. The quantitative estimate of drug-likeness (QED) is 0.503. The fourth-order valence-electron chi connectivity index (χ4n) is 2.44. The standard InChI is InChI=1S/C18H15FN4OS3/c1-23(2)18-22-16-14(27-18)8-13(26-16)15(24)21-17-20-9-12(25-17)7-10-3-5-11(19)6-4-10/h3-6,8-9H,7H2,1-2H3,(H,20,21,24). The van der Waals surface area contributed by atoms with Gasteiger partial charge in [-0.1, -0.05) is 23.5 Å². The van der Waals surface area contributed by atoms with Gasteiger partial charge in [-0.05, 0) is 23.8 Å². The van der Waals surface area contributed by atoms with E-state index in [9.17, 15) is 9.18 Å². The number of nitrogens with zero attached hydrogens (tertiary/aromatic N) is 3. The largest absolute Gasteiger partial charge is 0.354 e. The van der Waals surface area contributed by atoms with Gasteiger partial charge in [-0.3, -0.25) is 10.1 Å². The fourth-order valence-corrected chi connectivity index (χ4v) is 5.31. The summed E-state index contributed by atoms with van der Waals surface area (Å²) in [4.78, 5) is 25.7. The van der Waals surface area contributed by atoms with Crippen molar-refractivity contribution < 1.29 is 9.18 Å². The minimum Gasteiger partial charge on any atom is -0.354 e. The van der Waals surface area contributed by atoms with E-state index in [4.69, 9.17) is 0 Å². The van der Waals surface area contributed by atoms with Gasteiger partial charge in [0.1, 0.15) is 10.6 Å². The number of nitrogens with one attached hydrogen (secondary N) is 1. The van der Waals surface area contributed by atoms with Crippen molar-refractivity contribution in [2.24, 2.45) is 0 Å². The Morgan fingerprint density at radius 1 is 1.19 bits per heavy atom. The molecular formula is C18H15FN4OS3. The fraction of sp³-hybridized carbons (Fsp3) is 0.167. The molecule has 0 atom stereocenters. The Kier molecular flexibility index (Phi) is 4.90. The van der Waals surface area contributed by atoms with Crippen LogP contribution in [0.1, 0.15) is 20.1 Å². The maximum Gasteiger partial charge on any atom is 0.267 e. The molecule has 0 bridgehead atoms. The second kappa shape index (κ2) is 7.34. The number of benzene rings is 1. The molecule has 0 aliphatic heterocycles. The van der Waals surface area contributed by atoms with E-state index in [1.54, 1.807) is 29.7 Å². The van der Waals surface area contributed by atoms with Gasteiger partial charge < -0.3 is 4.90 Å². The van der Waals surface area contributed by atoms with E-state index >= 15 is 0 Å². The highest BCUT2D eigenvalue weighted by Crippen LogP contribution is 2.34. The lowest BCUT2D eigenvalue weighted by atomic mass is 10.1.